The van der Waals surface area contributed by atoms with Gasteiger partial charge in [-0.15, -0.1) is 12.4 Å². The Bertz CT molecular complexity index is 1040. The van der Waals surface area contributed by atoms with Gasteiger partial charge in [-0.25, -0.2) is 4.98 Å². The molecule has 0 atom stereocenters. The third-order valence-electron chi connectivity index (χ3n) is 5.53. The van der Waals surface area contributed by atoms with Gasteiger partial charge in [0.2, 0.25) is 0 Å². The van der Waals surface area contributed by atoms with Gasteiger partial charge in [0, 0.05) is 31.7 Å². The summed E-state index contributed by atoms with van der Waals surface area (Å²) in [6.07, 6.45) is 0. The summed E-state index contributed by atoms with van der Waals surface area (Å²) < 4.78 is 6.38. The highest BCUT2D eigenvalue weighted by Gasteiger charge is 2.25. The standard InChI is InChI=1S/C23H26ClN3O2S.ClH/c1-15-4-5-16(2)18(14-15)22(28)27(9-8-26-10-12-29-13-11-26)23-25-20-17(3)6-7-19(24)21(20)30-23;/h4-7,14H,8-13H2,1-3H3;1H. The first-order valence-corrected chi connectivity index (χ1v) is 11.4. The van der Waals surface area contributed by atoms with E-state index >= 15 is 0 Å². The second-order valence-electron chi connectivity index (χ2n) is 7.77. The molecule has 1 saturated heterocycles. The van der Waals surface area contributed by atoms with E-state index in [1.54, 1.807) is 0 Å². The summed E-state index contributed by atoms with van der Waals surface area (Å²) in [5.41, 5.74) is 4.69. The zero-order chi connectivity index (χ0) is 21.3. The first-order chi connectivity index (χ1) is 14.4. The Hall–Kier alpha value is -1.70. The minimum Gasteiger partial charge on any atom is -0.379 e. The molecule has 0 radical (unpaired) electrons. The van der Waals surface area contributed by atoms with E-state index in [4.69, 9.17) is 21.3 Å². The summed E-state index contributed by atoms with van der Waals surface area (Å²) in [6, 6.07) is 9.86. The van der Waals surface area contributed by atoms with Gasteiger partial charge in [-0.3, -0.25) is 14.6 Å². The van der Waals surface area contributed by atoms with Gasteiger partial charge in [0.05, 0.1) is 28.5 Å². The second kappa shape index (κ2) is 10.3. The average molecular weight is 480 g/mol. The van der Waals surface area contributed by atoms with E-state index in [1.807, 2.05) is 56.0 Å². The number of amides is 1. The van der Waals surface area contributed by atoms with Gasteiger partial charge >= 0.3 is 0 Å². The van der Waals surface area contributed by atoms with Gasteiger partial charge in [-0.2, -0.15) is 0 Å². The quantitative estimate of drug-likeness (QED) is 0.499. The first-order valence-electron chi connectivity index (χ1n) is 10.2. The number of benzene rings is 2. The number of fused-ring (bicyclic) bond motifs is 1. The van der Waals surface area contributed by atoms with Crippen LogP contribution in [-0.4, -0.2) is 55.2 Å². The zero-order valence-electron chi connectivity index (χ0n) is 18.0. The number of hydrogen-bond donors (Lipinski definition) is 0. The molecule has 1 aliphatic heterocycles. The van der Waals surface area contributed by atoms with E-state index in [0.717, 1.165) is 65.3 Å². The van der Waals surface area contributed by atoms with Crippen molar-refractivity contribution in [3.63, 3.8) is 0 Å². The highest BCUT2D eigenvalue weighted by Crippen LogP contribution is 2.36. The van der Waals surface area contributed by atoms with Gasteiger partial charge < -0.3 is 4.74 Å². The molecule has 2 aromatic carbocycles. The molecule has 1 aromatic heterocycles. The minimum atomic E-state index is -0.0164. The van der Waals surface area contributed by atoms with E-state index in [1.165, 1.54) is 11.3 Å². The highest BCUT2D eigenvalue weighted by molar-refractivity contribution is 7.23. The van der Waals surface area contributed by atoms with Crippen LogP contribution in [-0.2, 0) is 4.74 Å². The van der Waals surface area contributed by atoms with Crippen LogP contribution in [0.1, 0.15) is 27.0 Å². The fraction of sp³-hybridized carbons (Fsp3) is 0.391. The number of carbonyl (C=O) groups excluding carboxylic acids is 1. The maximum atomic E-state index is 13.7. The van der Waals surface area contributed by atoms with Gasteiger partial charge in [0.15, 0.2) is 5.13 Å². The van der Waals surface area contributed by atoms with Crippen molar-refractivity contribution in [3.8, 4) is 0 Å². The average Bonchev–Trinajstić information content (AvgIpc) is 3.20. The van der Waals surface area contributed by atoms with Crippen LogP contribution in [0.5, 0.6) is 0 Å². The summed E-state index contributed by atoms with van der Waals surface area (Å²) >= 11 is 7.92. The monoisotopic (exact) mass is 479 g/mol. The van der Waals surface area contributed by atoms with Gasteiger partial charge in [-0.05, 0) is 44.0 Å². The van der Waals surface area contributed by atoms with Crippen LogP contribution in [0.15, 0.2) is 30.3 Å². The predicted molar refractivity (Wildman–Crippen MR) is 131 cm³/mol. The number of rotatable bonds is 5. The fourth-order valence-corrected chi connectivity index (χ4v) is 5.01. The van der Waals surface area contributed by atoms with Crippen molar-refractivity contribution < 1.29 is 9.53 Å². The second-order valence-corrected chi connectivity index (χ2v) is 9.15. The van der Waals surface area contributed by atoms with Crippen molar-refractivity contribution in [3.05, 3.63) is 57.6 Å². The Balaban J connectivity index is 0.00000272. The molecule has 166 valence electrons. The smallest absolute Gasteiger partial charge is 0.260 e. The Morgan fingerprint density at radius 3 is 2.58 bits per heavy atom. The Kier molecular flexibility index (Phi) is 7.94. The lowest BCUT2D eigenvalue weighted by Gasteiger charge is -2.29. The molecular weight excluding hydrogens is 453 g/mol. The number of halogens is 2. The molecule has 4 rings (SSSR count). The maximum Gasteiger partial charge on any atom is 0.260 e. The normalized spacial score (nSPS) is 14.5. The molecule has 3 aromatic rings. The maximum absolute atomic E-state index is 13.7. The minimum absolute atomic E-state index is 0. The number of hydrogen-bond acceptors (Lipinski definition) is 5. The number of aromatic nitrogens is 1. The van der Waals surface area contributed by atoms with E-state index in [-0.39, 0.29) is 18.3 Å². The van der Waals surface area contributed by atoms with Crippen molar-refractivity contribution in [1.82, 2.24) is 9.88 Å². The van der Waals surface area contributed by atoms with Crippen molar-refractivity contribution in [2.75, 3.05) is 44.3 Å². The molecule has 0 spiro atoms. The molecule has 1 fully saturated rings. The van der Waals surface area contributed by atoms with E-state index < -0.39 is 0 Å². The molecule has 5 nitrogen and oxygen atoms in total. The number of carbonyl (C=O) groups is 1. The molecule has 0 aliphatic carbocycles. The lowest BCUT2D eigenvalue weighted by molar-refractivity contribution is 0.0391. The lowest BCUT2D eigenvalue weighted by Crippen LogP contribution is -2.43. The van der Waals surface area contributed by atoms with Crippen LogP contribution in [0.25, 0.3) is 10.2 Å². The first kappa shape index (κ1) is 24.0. The molecule has 0 unspecified atom stereocenters. The third kappa shape index (κ3) is 5.21. The largest absolute Gasteiger partial charge is 0.379 e. The molecular formula is C23H27Cl2N3O2S. The molecule has 31 heavy (non-hydrogen) atoms. The van der Waals surface area contributed by atoms with E-state index in [2.05, 4.69) is 4.90 Å². The van der Waals surface area contributed by atoms with Crippen LogP contribution in [0, 0.1) is 20.8 Å². The number of anilines is 1. The highest BCUT2D eigenvalue weighted by atomic mass is 35.5. The summed E-state index contributed by atoms with van der Waals surface area (Å²) in [7, 11) is 0. The number of aryl methyl sites for hydroxylation is 3. The molecule has 8 heteroatoms. The summed E-state index contributed by atoms with van der Waals surface area (Å²) in [5, 5.41) is 1.37. The van der Waals surface area contributed by atoms with Crippen LogP contribution < -0.4 is 4.90 Å². The fourth-order valence-electron chi connectivity index (χ4n) is 3.67. The summed E-state index contributed by atoms with van der Waals surface area (Å²) in [4.78, 5) is 22.6. The Morgan fingerprint density at radius 1 is 1.16 bits per heavy atom. The van der Waals surface area contributed by atoms with Crippen molar-refractivity contribution in [2.45, 2.75) is 20.8 Å². The SMILES string of the molecule is Cc1ccc(C)c(C(=O)N(CCN2CCOCC2)c2nc3c(C)ccc(Cl)c3s2)c1.Cl. The van der Waals surface area contributed by atoms with Gasteiger partial charge in [-0.1, -0.05) is 46.7 Å². The Morgan fingerprint density at radius 2 is 1.87 bits per heavy atom. The molecule has 0 bridgehead atoms. The zero-order valence-corrected chi connectivity index (χ0v) is 20.4. The summed E-state index contributed by atoms with van der Waals surface area (Å²) in [5.74, 6) is -0.0164. The molecule has 1 aliphatic rings. The lowest BCUT2D eigenvalue weighted by atomic mass is 10.0. The Labute approximate surface area is 198 Å². The molecule has 2 heterocycles. The summed E-state index contributed by atoms with van der Waals surface area (Å²) in [6.45, 7) is 10.6. The van der Waals surface area contributed by atoms with Crippen molar-refractivity contribution >= 4 is 56.6 Å². The van der Waals surface area contributed by atoms with Crippen LogP contribution in [0.4, 0.5) is 5.13 Å². The van der Waals surface area contributed by atoms with Crippen LogP contribution >= 0.6 is 35.3 Å². The molecule has 0 N–H and O–H groups in total. The van der Waals surface area contributed by atoms with E-state index in [9.17, 15) is 4.79 Å². The number of ether oxygens (including phenoxy) is 1. The van der Waals surface area contributed by atoms with Crippen molar-refractivity contribution in [1.29, 1.82) is 0 Å². The predicted octanol–water partition coefficient (Wildman–Crippen LogP) is 5.28. The van der Waals surface area contributed by atoms with Crippen LogP contribution in [0.2, 0.25) is 5.02 Å². The third-order valence-corrected chi connectivity index (χ3v) is 7.07. The number of thiazole rings is 1. The van der Waals surface area contributed by atoms with Gasteiger partial charge in [0.1, 0.15) is 0 Å². The molecule has 1 amide bonds. The number of nitrogens with zero attached hydrogens (tertiary/aromatic N) is 3. The van der Waals surface area contributed by atoms with Crippen molar-refractivity contribution in [2.24, 2.45) is 0 Å². The van der Waals surface area contributed by atoms with Gasteiger partial charge in [0.25, 0.3) is 5.91 Å². The van der Waals surface area contributed by atoms with E-state index in [0.29, 0.717) is 16.7 Å². The molecule has 0 saturated carbocycles. The topological polar surface area (TPSA) is 45.7 Å². The number of morpholine rings is 1. The van der Waals surface area contributed by atoms with Crippen LogP contribution in [0.3, 0.4) is 0 Å².